The Morgan fingerprint density at radius 3 is 2.63 bits per heavy atom. The minimum Gasteiger partial charge on any atom is -0.493 e. The lowest BCUT2D eigenvalue weighted by Crippen LogP contribution is -2.23. The Bertz CT molecular complexity index is 786. The number of rotatable bonds is 8. The van der Waals surface area contributed by atoms with Gasteiger partial charge in [-0.1, -0.05) is 18.2 Å². The van der Waals surface area contributed by atoms with Crippen molar-refractivity contribution in [3.8, 4) is 11.5 Å². The number of benzene rings is 2. The zero-order valence-corrected chi connectivity index (χ0v) is 17.2. The summed E-state index contributed by atoms with van der Waals surface area (Å²) in [6, 6.07) is 12.2. The van der Waals surface area contributed by atoms with Crippen LogP contribution < -0.4 is 20.1 Å². The van der Waals surface area contributed by atoms with Crippen LogP contribution in [-0.2, 0) is 24.4 Å². The third-order valence-electron chi connectivity index (χ3n) is 4.34. The van der Waals surface area contributed by atoms with Gasteiger partial charge >= 0.3 is 0 Å². The van der Waals surface area contributed by atoms with Gasteiger partial charge in [0.2, 0.25) is 5.91 Å². The quantitative estimate of drug-likeness (QED) is 0.654. The fourth-order valence-corrected chi connectivity index (χ4v) is 3.79. The van der Waals surface area contributed by atoms with Crippen LogP contribution in [0.4, 0.5) is 0 Å². The second-order valence-corrected chi connectivity index (χ2v) is 7.27. The van der Waals surface area contributed by atoms with Crippen LogP contribution in [0.2, 0.25) is 0 Å². The molecule has 2 N–H and O–H groups in total. The second kappa shape index (κ2) is 10.4. The largest absolute Gasteiger partial charge is 0.493 e. The van der Waals surface area contributed by atoms with Gasteiger partial charge in [-0.25, -0.2) is 0 Å². The number of ether oxygens (including phenoxy) is 2. The monoisotopic (exact) mass is 408 g/mol. The van der Waals surface area contributed by atoms with Crippen LogP contribution in [0.15, 0.2) is 41.3 Å². The van der Waals surface area contributed by atoms with Gasteiger partial charge in [-0.2, -0.15) is 0 Å². The van der Waals surface area contributed by atoms with E-state index in [1.807, 2.05) is 18.2 Å². The fraction of sp³-hybridized carbons (Fsp3) is 0.350. The molecule has 0 atom stereocenters. The van der Waals surface area contributed by atoms with Crippen molar-refractivity contribution in [1.29, 1.82) is 0 Å². The molecule has 0 aliphatic carbocycles. The third-order valence-corrected chi connectivity index (χ3v) is 5.34. The highest BCUT2D eigenvalue weighted by Gasteiger charge is 2.10. The summed E-state index contributed by atoms with van der Waals surface area (Å²) in [4.78, 5) is 13.1. The molecule has 1 heterocycles. The highest BCUT2D eigenvalue weighted by molar-refractivity contribution is 7.99. The van der Waals surface area contributed by atoms with Crippen LogP contribution >= 0.6 is 24.2 Å². The van der Waals surface area contributed by atoms with E-state index in [1.165, 1.54) is 11.1 Å². The van der Waals surface area contributed by atoms with Crippen molar-refractivity contribution in [2.24, 2.45) is 0 Å². The van der Waals surface area contributed by atoms with Crippen molar-refractivity contribution in [3.05, 3.63) is 53.1 Å². The Balaban J connectivity index is 0.00000261. The van der Waals surface area contributed by atoms with Crippen LogP contribution in [0, 0.1) is 0 Å². The molecule has 0 aromatic heterocycles. The van der Waals surface area contributed by atoms with Crippen LogP contribution in [0.5, 0.6) is 11.5 Å². The van der Waals surface area contributed by atoms with Crippen molar-refractivity contribution in [2.45, 2.75) is 31.0 Å². The van der Waals surface area contributed by atoms with Crippen molar-refractivity contribution in [3.63, 3.8) is 0 Å². The van der Waals surface area contributed by atoms with Gasteiger partial charge < -0.3 is 20.1 Å². The van der Waals surface area contributed by atoms with E-state index in [2.05, 4.69) is 28.8 Å². The molecule has 1 amide bonds. The number of fused-ring (bicyclic) bond motifs is 1. The molecular formula is C20H25ClN2O3S. The third kappa shape index (κ3) is 5.79. The summed E-state index contributed by atoms with van der Waals surface area (Å²) in [5.41, 5.74) is 3.83. The summed E-state index contributed by atoms with van der Waals surface area (Å²) in [5, 5.41) is 6.33. The lowest BCUT2D eigenvalue weighted by Gasteiger charge is -2.09. The van der Waals surface area contributed by atoms with Crippen LogP contribution in [0.25, 0.3) is 0 Å². The fourth-order valence-electron chi connectivity index (χ4n) is 2.92. The summed E-state index contributed by atoms with van der Waals surface area (Å²) in [6.07, 6.45) is 0.478. The van der Waals surface area contributed by atoms with E-state index in [0.717, 1.165) is 29.3 Å². The maximum atomic E-state index is 12.1. The molecule has 2 aromatic carbocycles. The number of nitrogens with one attached hydrogen (secondary N) is 2. The average molecular weight is 409 g/mol. The highest BCUT2D eigenvalue weighted by atomic mass is 35.5. The summed E-state index contributed by atoms with van der Waals surface area (Å²) < 4.78 is 10.5. The summed E-state index contributed by atoms with van der Waals surface area (Å²) >= 11 is 1.63. The zero-order valence-electron chi connectivity index (χ0n) is 15.5. The lowest BCUT2D eigenvalue weighted by atomic mass is 10.1. The van der Waals surface area contributed by atoms with Crippen LogP contribution in [-0.4, -0.2) is 25.9 Å². The molecule has 1 aliphatic heterocycles. The number of carbonyl (C=O) groups is 1. The number of methoxy groups -OCH3 is 2. The normalized spacial score (nSPS) is 12.1. The molecule has 5 nitrogen and oxygen atoms in total. The molecule has 0 saturated heterocycles. The van der Waals surface area contributed by atoms with Gasteiger partial charge in [0.25, 0.3) is 0 Å². The lowest BCUT2D eigenvalue weighted by molar-refractivity contribution is -0.120. The van der Waals surface area contributed by atoms with Gasteiger partial charge in [0.15, 0.2) is 11.5 Å². The Kier molecular flexibility index (Phi) is 8.28. The van der Waals surface area contributed by atoms with Crippen molar-refractivity contribution >= 4 is 30.1 Å². The van der Waals surface area contributed by atoms with E-state index < -0.39 is 0 Å². The minimum absolute atomic E-state index is 0. The topological polar surface area (TPSA) is 59.6 Å². The van der Waals surface area contributed by atoms with E-state index in [-0.39, 0.29) is 18.3 Å². The number of hydrogen-bond donors (Lipinski definition) is 2. The molecule has 27 heavy (non-hydrogen) atoms. The Morgan fingerprint density at radius 2 is 1.85 bits per heavy atom. The molecule has 0 radical (unpaired) electrons. The predicted octanol–water partition coefficient (Wildman–Crippen LogP) is 3.53. The number of hydrogen-bond acceptors (Lipinski definition) is 5. The Morgan fingerprint density at radius 1 is 1.07 bits per heavy atom. The van der Waals surface area contributed by atoms with Gasteiger partial charge in [-0.05, 0) is 34.9 Å². The van der Waals surface area contributed by atoms with E-state index >= 15 is 0 Å². The number of thioether (sulfide) groups is 1. The van der Waals surface area contributed by atoms with Gasteiger partial charge in [0, 0.05) is 36.7 Å². The van der Waals surface area contributed by atoms with Crippen LogP contribution in [0.1, 0.15) is 23.1 Å². The van der Waals surface area contributed by atoms with Crippen molar-refractivity contribution < 1.29 is 14.3 Å². The molecular weight excluding hydrogens is 384 g/mol. The number of halogens is 1. The second-order valence-electron chi connectivity index (χ2n) is 6.10. The first-order valence-corrected chi connectivity index (χ1v) is 9.61. The summed E-state index contributed by atoms with van der Waals surface area (Å²) in [7, 11) is 3.24. The van der Waals surface area contributed by atoms with Crippen molar-refractivity contribution in [1.82, 2.24) is 10.6 Å². The molecule has 7 heteroatoms. The number of carbonyl (C=O) groups excluding carboxylic acids is 1. The van der Waals surface area contributed by atoms with E-state index in [0.29, 0.717) is 24.5 Å². The maximum absolute atomic E-state index is 12.1. The van der Waals surface area contributed by atoms with E-state index in [4.69, 9.17) is 9.47 Å². The zero-order chi connectivity index (χ0) is 18.4. The van der Waals surface area contributed by atoms with Gasteiger partial charge in [0.1, 0.15) is 0 Å². The smallest absolute Gasteiger partial charge is 0.221 e. The van der Waals surface area contributed by atoms with E-state index in [9.17, 15) is 4.79 Å². The maximum Gasteiger partial charge on any atom is 0.221 e. The van der Waals surface area contributed by atoms with E-state index in [1.54, 1.807) is 26.0 Å². The number of amides is 1. The molecule has 0 unspecified atom stereocenters. The predicted molar refractivity (Wildman–Crippen MR) is 111 cm³/mol. The van der Waals surface area contributed by atoms with Gasteiger partial charge in [0.05, 0.1) is 14.2 Å². The molecule has 0 fully saturated rings. The molecule has 2 aromatic rings. The Hall–Kier alpha value is -1.89. The summed E-state index contributed by atoms with van der Waals surface area (Å²) in [6.45, 7) is 2.43. The standard InChI is InChI=1S/C20H24N2O3S.ClH/c1-24-18-6-5-17(10-19(18)25-2)26-8-7-20(23)22-11-14-3-4-15-12-21-13-16(15)9-14;/h3-6,9-10,21H,7-8,11-13H2,1-2H3,(H,22,23);1H. The molecule has 1 aliphatic rings. The minimum atomic E-state index is 0. The first-order valence-electron chi connectivity index (χ1n) is 8.62. The first kappa shape index (κ1) is 21.4. The molecule has 3 rings (SSSR count). The molecule has 0 saturated carbocycles. The van der Waals surface area contributed by atoms with Gasteiger partial charge in [-0.3, -0.25) is 4.79 Å². The molecule has 146 valence electrons. The van der Waals surface area contributed by atoms with Crippen molar-refractivity contribution in [2.75, 3.05) is 20.0 Å². The SMILES string of the molecule is COc1ccc(SCCC(=O)NCc2ccc3c(c2)CNC3)cc1OC.Cl. The van der Waals surface area contributed by atoms with Crippen LogP contribution in [0.3, 0.4) is 0 Å². The highest BCUT2D eigenvalue weighted by Crippen LogP contribution is 2.32. The molecule has 0 spiro atoms. The summed E-state index contributed by atoms with van der Waals surface area (Å²) in [5.74, 6) is 2.19. The van der Waals surface area contributed by atoms with Gasteiger partial charge in [-0.15, -0.1) is 24.2 Å². The molecule has 0 bridgehead atoms. The average Bonchev–Trinajstić information content (AvgIpc) is 3.14. The first-order chi connectivity index (χ1) is 12.7. The Labute approximate surface area is 170 Å².